The molecule has 0 bridgehead atoms. The first-order chi connectivity index (χ1) is 9.30. The summed E-state index contributed by atoms with van der Waals surface area (Å²) in [6.07, 6.45) is 0.0252. The molecule has 5 heteroatoms. The lowest BCUT2D eigenvalue weighted by atomic mass is 9.94. The summed E-state index contributed by atoms with van der Waals surface area (Å²) in [6.45, 7) is 5.48. The fraction of sp³-hybridized carbons (Fsp3) is 0.533. The van der Waals surface area contributed by atoms with Crippen molar-refractivity contribution in [1.29, 1.82) is 0 Å². The van der Waals surface area contributed by atoms with Crippen LogP contribution in [0.15, 0.2) is 18.2 Å². The van der Waals surface area contributed by atoms with Gasteiger partial charge in [0.15, 0.2) is 0 Å². The Hall–Kier alpha value is -1.62. The number of aliphatic hydroxyl groups excluding tert-OH is 1. The molecule has 0 aromatic heterocycles. The monoisotopic (exact) mass is 281 g/mol. The molecule has 1 aromatic carbocycles. The van der Waals surface area contributed by atoms with Crippen LogP contribution >= 0.6 is 0 Å². The fourth-order valence-corrected chi connectivity index (χ4v) is 2.31. The first kappa shape index (κ1) is 14.8. The normalized spacial score (nSPS) is 18.6. The minimum Gasteiger partial charge on any atom is -0.444 e. The Morgan fingerprint density at radius 3 is 2.75 bits per heavy atom. The van der Waals surface area contributed by atoms with E-state index in [9.17, 15) is 14.3 Å². The van der Waals surface area contributed by atoms with E-state index in [1.807, 2.05) is 0 Å². The van der Waals surface area contributed by atoms with Crippen LogP contribution < -0.4 is 0 Å². The number of fused-ring (bicyclic) bond motifs is 1. The molecule has 110 valence electrons. The summed E-state index contributed by atoms with van der Waals surface area (Å²) in [5.74, 6) is -0.324. The number of carbonyl (C=O) groups excluding carboxylic acids is 1. The van der Waals surface area contributed by atoms with Crippen molar-refractivity contribution in [3.8, 4) is 0 Å². The van der Waals surface area contributed by atoms with E-state index in [1.54, 1.807) is 26.8 Å². The second-order valence-corrected chi connectivity index (χ2v) is 6.06. The number of ether oxygens (including phenoxy) is 1. The summed E-state index contributed by atoms with van der Waals surface area (Å²) < 4.78 is 18.6. The van der Waals surface area contributed by atoms with Gasteiger partial charge in [-0.25, -0.2) is 9.18 Å². The van der Waals surface area contributed by atoms with Gasteiger partial charge in [-0.05, 0) is 50.5 Å². The first-order valence-electron chi connectivity index (χ1n) is 6.68. The highest BCUT2D eigenvalue weighted by Gasteiger charge is 2.32. The number of amides is 1. The van der Waals surface area contributed by atoms with Crippen molar-refractivity contribution in [3.05, 3.63) is 35.1 Å². The van der Waals surface area contributed by atoms with E-state index in [0.29, 0.717) is 6.42 Å². The molecule has 1 aromatic rings. The summed E-state index contributed by atoms with van der Waals surface area (Å²) >= 11 is 0. The van der Waals surface area contributed by atoms with Gasteiger partial charge in [-0.3, -0.25) is 4.90 Å². The van der Waals surface area contributed by atoms with Crippen molar-refractivity contribution < 1.29 is 19.0 Å². The Bertz CT molecular complexity index is 510. The predicted molar refractivity (Wildman–Crippen MR) is 72.8 cm³/mol. The average molecular weight is 281 g/mol. The number of rotatable bonds is 1. The molecule has 0 spiro atoms. The average Bonchev–Trinajstić information content (AvgIpc) is 2.35. The van der Waals surface area contributed by atoms with Crippen LogP contribution in [-0.4, -0.2) is 34.3 Å². The largest absolute Gasteiger partial charge is 0.444 e. The predicted octanol–water partition coefficient (Wildman–Crippen LogP) is 2.48. The number of halogens is 1. The number of hydrogen-bond acceptors (Lipinski definition) is 3. The Balaban J connectivity index is 2.23. The maximum Gasteiger partial charge on any atom is 0.410 e. The van der Waals surface area contributed by atoms with Crippen molar-refractivity contribution >= 4 is 6.09 Å². The number of benzene rings is 1. The molecule has 1 heterocycles. The number of aliphatic hydroxyl groups is 1. The molecule has 0 radical (unpaired) electrons. The molecule has 4 nitrogen and oxygen atoms in total. The summed E-state index contributed by atoms with van der Waals surface area (Å²) in [5, 5.41) is 9.47. The number of hydrogen-bond donors (Lipinski definition) is 1. The van der Waals surface area contributed by atoms with E-state index in [-0.39, 0.29) is 25.0 Å². The standard InChI is InChI=1S/C15H20FNO3/c1-15(2,3)20-14(19)17-8-11-6-12(16)5-4-10(11)7-13(17)9-18/h4-6,13,18H,7-9H2,1-3H3. The third kappa shape index (κ3) is 3.28. The molecule has 1 aliphatic heterocycles. The van der Waals surface area contributed by atoms with E-state index >= 15 is 0 Å². The van der Waals surface area contributed by atoms with Crippen molar-refractivity contribution in [1.82, 2.24) is 4.90 Å². The molecule has 1 atom stereocenters. The third-order valence-electron chi connectivity index (χ3n) is 3.24. The lowest BCUT2D eigenvalue weighted by Crippen LogP contribution is -2.48. The van der Waals surface area contributed by atoms with Crippen molar-refractivity contribution in [3.63, 3.8) is 0 Å². The lowest BCUT2D eigenvalue weighted by molar-refractivity contribution is 0.00457. The Morgan fingerprint density at radius 1 is 1.45 bits per heavy atom. The van der Waals surface area contributed by atoms with Crippen LogP contribution in [0.5, 0.6) is 0 Å². The molecular weight excluding hydrogens is 261 g/mol. The lowest BCUT2D eigenvalue weighted by Gasteiger charge is -2.36. The van der Waals surface area contributed by atoms with Gasteiger partial charge in [0.25, 0.3) is 0 Å². The Labute approximate surface area is 118 Å². The van der Waals surface area contributed by atoms with Crippen molar-refractivity contribution in [2.75, 3.05) is 6.61 Å². The van der Waals surface area contributed by atoms with Crippen LogP contribution in [0.3, 0.4) is 0 Å². The summed E-state index contributed by atoms with van der Waals surface area (Å²) in [5.41, 5.74) is 1.13. The first-order valence-corrected chi connectivity index (χ1v) is 6.68. The van der Waals surface area contributed by atoms with Crippen molar-refractivity contribution in [2.45, 2.75) is 45.4 Å². The molecule has 0 saturated carbocycles. The topological polar surface area (TPSA) is 49.8 Å². The van der Waals surface area contributed by atoms with E-state index in [1.165, 1.54) is 17.0 Å². The van der Waals surface area contributed by atoms with Crippen LogP contribution in [-0.2, 0) is 17.7 Å². The third-order valence-corrected chi connectivity index (χ3v) is 3.24. The zero-order valence-electron chi connectivity index (χ0n) is 12.0. The number of carbonyl (C=O) groups is 1. The molecule has 0 fully saturated rings. The highest BCUT2D eigenvalue weighted by atomic mass is 19.1. The van der Waals surface area contributed by atoms with Gasteiger partial charge in [0, 0.05) is 6.54 Å². The minimum absolute atomic E-state index is 0.143. The van der Waals surface area contributed by atoms with Crippen LogP contribution in [0.4, 0.5) is 9.18 Å². The summed E-state index contributed by atoms with van der Waals surface area (Å²) in [4.78, 5) is 13.6. The van der Waals surface area contributed by atoms with Crippen LogP contribution in [0.1, 0.15) is 31.9 Å². The molecule has 1 N–H and O–H groups in total. The van der Waals surface area contributed by atoms with Gasteiger partial charge in [-0.2, -0.15) is 0 Å². The second-order valence-electron chi connectivity index (χ2n) is 6.06. The molecule has 1 amide bonds. The quantitative estimate of drug-likeness (QED) is 0.860. The number of nitrogens with zero attached hydrogens (tertiary/aromatic N) is 1. The van der Waals surface area contributed by atoms with Crippen LogP contribution in [0, 0.1) is 5.82 Å². The van der Waals surface area contributed by atoms with Crippen LogP contribution in [0.25, 0.3) is 0 Å². The molecule has 20 heavy (non-hydrogen) atoms. The molecule has 0 aliphatic carbocycles. The van der Waals surface area contributed by atoms with E-state index in [0.717, 1.165) is 11.1 Å². The molecule has 1 unspecified atom stereocenters. The van der Waals surface area contributed by atoms with Gasteiger partial charge < -0.3 is 9.84 Å². The smallest absolute Gasteiger partial charge is 0.410 e. The van der Waals surface area contributed by atoms with Gasteiger partial charge in [0.05, 0.1) is 12.6 Å². The van der Waals surface area contributed by atoms with Crippen LogP contribution in [0.2, 0.25) is 0 Å². The Kier molecular flexibility index (Phi) is 3.99. The molecule has 1 aliphatic rings. The van der Waals surface area contributed by atoms with E-state index in [4.69, 9.17) is 4.74 Å². The highest BCUT2D eigenvalue weighted by molar-refractivity contribution is 5.69. The van der Waals surface area contributed by atoms with Gasteiger partial charge in [0.1, 0.15) is 11.4 Å². The highest BCUT2D eigenvalue weighted by Crippen LogP contribution is 2.25. The van der Waals surface area contributed by atoms with Gasteiger partial charge in [-0.1, -0.05) is 6.07 Å². The second kappa shape index (κ2) is 5.40. The van der Waals surface area contributed by atoms with E-state index < -0.39 is 11.7 Å². The zero-order valence-corrected chi connectivity index (χ0v) is 12.0. The Morgan fingerprint density at radius 2 is 2.15 bits per heavy atom. The maximum atomic E-state index is 13.3. The van der Waals surface area contributed by atoms with Gasteiger partial charge in [0.2, 0.25) is 0 Å². The zero-order chi connectivity index (χ0) is 14.9. The molecule has 2 rings (SSSR count). The fourth-order valence-electron chi connectivity index (χ4n) is 2.31. The van der Waals surface area contributed by atoms with Crippen molar-refractivity contribution in [2.24, 2.45) is 0 Å². The SMILES string of the molecule is CC(C)(C)OC(=O)N1Cc2cc(F)ccc2CC1CO. The van der Waals surface area contributed by atoms with Gasteiger partial charge >= 0.3 is 6.09 Å². The summed E-state index contributed by atoms with van der Waals surface area (Å²) in [6, 6.07) is 4.21. The minimum atomic E-state index is -0.598. The molecular formula is C15H20FNO3. The molecule has 0 saturated heterocycles. The van der Waals surface area contributed by atoms with Gasteiger partial charge in [-0.15, -0.1) is 0 Å². The summed E-state index contributed by atoms with van der Waals surface area (Å²) in [7, 11) is 0. The maximum absolute atomic E-state index is 13.3. The van der Waals surface area contributed by atoms with E-state index in [2.05, 4.69) is 0 Å².